The first-order valence-corrected chi connectivity index (χ1v) is 5.19. The highest BCUT2D eigenvalue weighted by Crippen LogP contribution is 2.20. The Morgan fingerprint density at radius 3 is 2.59 bits per heavy atom. The highest BCUT2D eigenvalue weighted by atomic mass is 16.4. The molecule has 1 aromatic carbocycles. The average molecular weight is 237 g/mol. The first kappa shape index (κ1) is 13.0. The summed E-state index contributed by atoms with van der Waals surface area (Å²) in [5, 5.41) is 18.0. The van der Waals surface area contributed by atoms with Crippen LogP contribution in [0.2, 0.25) is 0 Å². The van der Waals surface area contributed by atoms with Crippen LogP contribution < -0.4 is 0 Å². The summed E-state index contributed by atoms with van der Waals surface area (Å²) in [7, 11) is 1.54. The second-order valence-electron chi connectivity index (χ2n) is 3.82. The number of amides is 1. The van der Waals surface area contributed by atoms with E-state index in [0.29, 0.717) is 11.1 Å². The van der Waals surface area contributed by atoms with Gasteiger partial charge < -0.3 is 15.1 Å². The van der Waals surface area contributed by atoms with Gasteiger partial charge in [0.15, 0.2) is 0 Å². The summed E-state index contributed by atoms with van der Waals surface area (Å²) in [6, 6.07) is 4.69. The van der Waals surface area contributed by atoms with E-state index in [0.717, 1.165) is 0 Å². The van der Waals surface area contributed by atoms with Crippen molar-refractivity contribution in [3.05, 3.63) is 29.3 Å². The van der Waals surface area contributed by atoms with Gasteiger partial charge in [0.05, 0.1) is 6.42 Å². The molecule has 0 aliphatic rings. The molecule has 1 rings (SSSR count). The van der Waals surface area contributed by atoms with Gasteiger partial charge >= 0.3 is 5.97 Å². The molecule has 17 heavy (non-hydrogen) atoms. The van der Waals surface area contributed by atoms with E-state index in [4.69, 9.17) is 5.11 Å². The number of benzene rings is 1. The lowest BCUT2D eigenvalue weighted by Crippen LogP contribution is -2.29. The van der Waals surface area contributed by atoms with Gasteiger partial charge in [-0.15, -0.1) is 0 Å². The monoisotopic (exact) mass is 237 g/mol. The number of carboxylic acids is 1. The fraction of sp³-hybridized carbons (Fsp3) is 0.333. The van der Waals surface area contributed by atoms with E-state index in [1.165, 1.54) is 18.0 Å². The van der Waals surface area contributed by atoms with E-state index in [1.807, 2.05) is 0 Å². The summed E-state index contributed by atoms with van der Waals surface area (Å²) in [5.74, 6) is -1.18. The van der Waals surface area contributed by atoms with Crippen LogP contribution in [0.15, 0.2) is 18.2 Å². The Morgan fingerprint density at radius 1 is 1.35 bits per heavy atom. The normalized spacial score (nSPS) is 10.0. The minimum atomic E-state index is -0.947. The molecule has 2 N–H and O–H groups in total. The van der Waals surface area contributed by atoms with Gasteiger partial charge in [-0.2, -0.15) is 0 Å². The molecule has 0 saturated carbocycles. The van der Waals surface area contributed by atoms with E-state index in [2.05, 4.69) is 0 Å². The number of aromatic hydroxyl groups is 1. The Hall–Kier alpha value is -2.04. The van der Waals surface area contributed by atoms with Gasteiger partial charge in [-0.3, -0.25) is 9.59 Å². The topological polar surface area (TPSA) is 77.8 Å². The molecule has 0 aliphatic heterocycles. The Kier molecular flexibility index (Phi) is 4.09. The predicted octanol–water partition coefficient (Wildman–Crippen LogP) is 1.25. The second kappa shape index (κ2) is 5.34. The lowest BCUT2D eigenvalue weighted by Gasteiger charge is -2.17. The van der Waals surface area contributed by atoms with E-state index >= 15 is 0 Å². The predicted molar refractivity (Wildman–Crippen MR) is 62.1 cm³/mol. The summed E-state index contributed by atoms with van der Waals surface area (Å²) < 4.78 is 0. The van der Waals surface area contributed by atoms with Crippen LogP contribution in [-0.2, 0) is 4.79 Å². The Labute approximate surface area is 99.3 Å². The number of carbonyl (C=O) groups excluding carboxylic acids is 1. The van der Waals surface area contributed by atoms with Gasteiger partial charge in [-0.25, -0.2) is 0 Å². The third-order valence-electron chi connectivity index (χ3n) is 2.54. The largest absolute Gasteiger partial charge is 0.508 e. The Morgan fingerprint density at radius 2 is 2.00 bits per heavy atom. The number of phenols is 1. The van der Waals surface area contributed by atoms with E-state index < -0.39 is 5.97 Å². The van der Waals surface area contributed by atoms with Crippen molar-refractivity contribution in [1.82, 2.24) is 4.90 Å². The molecule has 1 aromatic rings. The minimum Gasteiger partial charge on any atom is -0.508 e. The summed E-state index contributed by atoms with van der Waals surface area (Å²) >= 11 is 0. The lowest BCUT2D eigenvalue weighted by atomic mass is 10.1. The Bertz CT molecular complexity index is 442. The molecule has 1 amide bonds. The average Bonchev–Trinajstić information content (AvgIpc) is 2.28. The van der Waals surface area contributed by atoms with Crippen LogP contribution in [0, 0.1) is 6.92 Å². The quantitative estimate of drug-likeness (QED) is 0.826. The van der Waals surface area contributed by atoms with Crippen molar-refractivity contribution >= 4 is 11.9 Å². The maximum Gasteiger partial charge on any atom is 0.305 e. The van der Waals surface area contributed by atoms with Crippen molar-refractivity contribution < 1.29 is 19.8 Å². The number of hydrogen-bond donors (Lipinski definition) is 2. The number of phenolic OH excluding ortho intramolecular Hbond substituents is 1. The third-order valence-corrected chi connectivity index (χ3v) is 2.54. The molecule has 0 unspecified atom stereocenters. The van der Waals surface area contributed by atoms with Crippen molar-refractivity contribution in [1.29, 1.82) is 0 Å². The molecule has 0 heterocycles. The van der Waals surface area contributed by atoms with Crippen LogP contribution >= 0.6 is 0 Å². The van der Waals surface area contributed by atoms with Crippen LogP contribution in [-0.4, -0.2) is 40.6 Å². The molecule has 5 heteroatoms. The summed E-state index contributed by atoms with van der Waals surface area (Å²) in [4.78, 5) is 23.7. The van der Waals surface area contributed by atoms with Gasteiger partial charge in [0.2, 0.25) is 0 Å². The molecular formula is C12H15NO4. The van der Waals surface area contributed by atoms with E-state index in [9.17, 15) is 14.7 Å². The zero-order valence-electron chi connectivity index (χ0n) is 9.80. The summed E-state index contributed by atoms with van der Waals surface area (Å²) in [6.07, 6.45) is -0.0971. The van der Waals surface area contributed by atoms with Crippen LogP contribution in [0.4, 0.5) is 0 Å². The fourth-order valence-corrected chi connectivity index (χ4v) is 1.43. The number of nitrogens with zero attached hydrogens (tertiary/aromatic N) is 1. The maximum atomic E-state index is 12.0. The molecule has 0 aromatic heterocycles. The summed E-state index contributed by atoms with van der Waals surface area (Å²) in [5.41, 5.74) is 0.887. The van der Waals surface area contributed by atoms with Crippen molar-refractivity contribution in [2.45, 2.75) is 13.3 Å². The maximum absolute atomic E-state index is 12.0. The number of hydrogen-bond acceptors (Lipinski definition) is 3. The van der Waals surface area contributed by atoms with Crippen LogP contribution in [0.25, 0.3) is 0 Å². The molecule has 0 aliphatic carbocycles. The number of aliphatic carboxylic acids is 1. The lowest BCUT2D eigenvalue weighted by molar-refractivity contribution is -0.137. The SMILES string of the molecule is Cc1c(O)cccc1C(=O)N(C)CCC(=O)O. The summed E-state index contributed by atoms with van der Waals surface area (Å²) in [6.45, 7) is 1.79. The van der Waals surface area contributed by atoms with Crippen molar-refractivity contribution in [2.24, 2.45) is 0 Å². The molecule has 92 valence electrons. The zero-order chi connectivity index (χ0) is 13.0. The fourth-order valence-electron chi connectivity index (χ4n) is 1.43. The van der Waals surface area contributed by atoms with Gasteiger partial charge in [-0.05, 0) is 19.1 Å². The highest BCUT2D eigenvalue weighted by molar-refractivity contribution is 5.96. The zero-order valence-corrected chi connectivity index (χ0v) is 9.80. The standard InChI is InChI=1S/C12H15NO4/c1-8-9(4-3-5-10(8)14)12(17)13(2)7-6-11(15)16/h3-5,14H,6-7H2,1-2H3,(H,15,16). The van der Waals surface area contributed by atoms with Crippen molar-refractivity contribution in [3.63, 3.8) is 0 Å². The number of rotatable bonds is 4. The minimum absolute atomic E-state index is 0.0579. The smallest absolute Gasteiger partial charge is 0.305 e. The van der Waals surface area contributed by atoms with Gasteiger partial charge in [0, 0.05) is 24.7 Å². The molecular weight excluding hydrogens is 222 g/mol. The highest BCUT2D eigenvalue weighted by Gasteiger charge is 2.16. The van der Waals surface area contributed by atoms with Gasteiger partial charge in [0.1, 0.15) is 5.75 Å². The first-order chi connectivity index (χ1) is 7.93. The molecule has 0 spiro atoms. The van der Waals surface area contributed by atoms with Crippen LogP contribution in [0.1, 0.15) is 22.3 Å². The molecule has 5 nitrogen and oxygen atoms in total. The van der Waals surface area contributed by atoms with Gasteiger partial charge in [0.25, 0.3) is 5.91 Å². The number of carbonyl (C=O) groups is 2. The first-order valence-electron chi connectivity index (χ1n) is 5.19. The van der Waals surface area contributed by atoms with Crippen molar-refractivity contribution in [2.75, 3.05) is 13.6 Å². The molecule has 0 bridgehead atoms. The van der Waals surface area contributed by atoms with Gasteiger partial charge in [-0.1, -0.05) is 6.07 Å². The molecule has 0 saturated heterocycles. The van der Waals surface area contributed by atoms with E-state index in [1.54, 1.807) is 19.1 Å². The van der Waals surface area contributed by atoms with Crippen molar-refractivity contribution in [3.8, 4) is 5.75 Å². The van der Waals surface area contributed by atoms with Crippen LogP contribution in [0.5, 0.6) is 5.75 Å². The molecule has 0 fully saturated rings. The second-order valence-corrected chi connectivity index (χ2v) is 3.82. The molecule has 0 atom stereocenters. The third kappa shape index (κ3) is 3.21. The van der Waals surface area contributed by atoms with E-state index in [-0.39, 0.29) is 24.6 Å². The Balaban J connectivity index is 2.82. The number of carboxylic acid groups (broad SMARTS) is 1. The molecule has 0 radical (unpaired) electrons. The van der Waals surface area contributed by atoms with Crippen LogP contribution in [0.3, 0.4) is 0 Å².